The first-order valence-electron chi connectivity index (χ1n) is 6.27. The highest BCUT2D eigenvalue weighted by molar-refractivity contribution is 5.87. The van der Waals surface area contributed by atoms with Crippen LogP contribution < -0.4 is 11.1 Å². The number of oxime groups is 1. The third kappa shape index (κ3) is 4.04. The molecule has 0 aromatic heterocycles. The van der Waals surface area contributed by atoms with E-state index in [1.807, 2.05) is 30.3 Å². The van der Waals surface area contributed by atoms with E-state index >= 15 is 0 Å². The summed E-state index contributed by atoms with van der Waals surface area (Å²) in [5.74, 6) is 0.127. The van der Waals surface area contributed by atoms with Gasteiger partial charge in [0.05, 0.1) is 5.92 Å². The minimum absolute atomic E-state index is 0.0444. The average molecular weight is 249 g/mol. The summed E-state index contributed by atoms with van der Waals surface area (Å²) in [6.45, 7) is 7.07. The van der Waals surface area contributed by atoms with E-state index in [4.69, 9.17) is 10.9 Å². The Balaban J connectivity index is 2.82. The Morgan fingerprint density at radius 3 is 2.50 bits per heavy atom. The Morgan fingerprint density at radius 2 is 2.00 bits per heavy atom. The Hall–Kier alpha value is -1.55. The molecule has 1 aromatic rings. The van der Waals surface area contributed by atoms with Gasteiger partial charge in [0, 0.05) is 12.1 Å². The van der Waals surface area contributed by atoms with Gasteiger partial charge in [0.1, 0.15) is 5.84 Å². The van der Waals surface area contributed by atoms with Crippen LogP contribution in [0.2, 0.25) is 0 Å². The van der Waals surface area contributed by atoms with Gasteiger partial charge in [-0.1, -0.05) is 42.4 Å². The lowest BCUT2D eigenvalue weighted by molar-refractivity contribution is 0.313. The first-order valence-corrected chi connectivity index (χ1v) is 6.27. The quantitative estimate of drug-likeness (QED) is 0.313. The summed E-state index contributed by atoms with van der Waals surface area (Å²) in [6, 6.07) is 9.85. The van der Waals surface area contributed by atoms with E-state index in [1.165, 1.54) is 0 Å². The second kappa shape index (κ2) is 6.40. The van der Waals surface area contributed by atoms with Crippen LogP contribution in [-0.4, -0.2) is 23.1 Å². The predicted octanol–water partition coefficient (Wildman–Crippen LogP) is 2.29. The SMILES string of the molecule is CCC(C)(C)NCC(C(N)=NO)c1ccccc1. The highest BCUT2D eigenvalue weighted by atomic mass is 16.4. The first-order chi connectivity index (χ1) is 8.50. The molecule has 1 rings (SSSR count). The van der Waals surface area contributed by atoms with Crippen molar-refractivity contribution in [2.45, 2.75) is 38.6 Å². The third-order valence-electron chi connectivity index (χ3n) is 3.34. The number of nitrogens with zero attached hydrogens (tertiary/aromatic N) is 1. The fourth-order valence-corrected chi connectivity index (χ4v) is 1.65. The number of rotatable bonds is 6. The Labute approximate surface area is 109 Å². The highest BCUT2D eigenvalue weighted by Crippen LogP contribution is 2.17. The molecular formula is C14H23N3O. The highest BCUT2D eigenvalue weighted by Gasteiger charge is 2.21. The van der Waals surface area contributed by atoms with Crippen molar-refractivity contribution in [2.75, 3.05) is 6.54 Å². The molecule has 4 nitrogen and oxygen atoms in total. The van der Waals surface area contributed by atoms with Gasteiger partial charge in [-0.3, -0.25) is 0 Å². The molecule has 18 heavy (non-hydrogen) atoms. The molecule has 0 bridgehead atoms. The summed E-state index contributed by atoms with van der Waals surface area (Å²) in [4.78, 5) is 0. The second-order valence-corrected chi connectivity index (χ2v) is 5.11. The van der Waals surface area contributed by atoms with E-state index in [2.05, 4.69) is 31.2 Å². The first kappa shape index (κ1) is 14.5. The minimum Gasteiger partial charge on any atom is -0.409 e. The molecule has 0 heterocycles. The maximum atomic E-state index is 8.89. The Kier molecular flexibility index (Phi) is 5.16. The van der Waals surface area contributed by atoms with Crippen LogP contribution in [0.25, 0.3) is 0 Å². The summed E-state index contributed by atoms with van der Waals surface area (Å²) < 4.78 is 0. The van der Waals surface area contributed by atoms with Crippen LogP contribution >= 0.6 is 0 Å². The topological polar surface area (TPSA) is 70.6 Å². The van der Waals surface area contributed by atoms with E-state index in [0.717, 1.165) is 12.0 Å². The maximum Gasteiger partial charge on any atom is 0.147 e. The molecule has 0 aliphatic rings. The van der Waals surface area contributed by atoms with E-state index in [1.54, 1.807) is 0 Å². The van der Waals surface area contributed by atoms with Crippen LogP contribution in [-0.2, 0) is 0 Å². The fraction of sp³-hybridized carbons (Fsp3) is 0.500. The average Bonchev–Trinajstić information content (AvgIpc) is 2.39. The van der Waals surface area contributed by atoms with Gasteiger partial charge in [-0.25, -0.2) is 0 Å². The number of benzene rings is 1. The molecule has 0 saturated heterocycles. The molecule has 0 fully saturated rings. The molecule has 0 aliphatic carbocycles. The molecule has 0 saturated carbocycles. The lowest BCUT2D eigenvalue weighted by Gasteiger charge is -2.27. The largest absolute Gasteiger partial charge is 0.409 e. The molecule has 0 amide bonds. The van der Waals surface area contributed by atoms with Crippen molar-refractivity contribution in [3.63, 3.8) is 0 Å². The van der Waals surface area contributed by atoms with Crippen LogP contribution in [0.15, 0.2) is 35.5 Å². The minimum atomic E-state index is -0.109. The molecular weight excluding hydrogens is 226 g/mol. The predicted molar refractivity (Wildman–Crippen MR) is 75.0 cm³/mol. The number of hydrogen-bond donors (Lipinski definition) is 3. The van der Waals surface area contributed by atoms with Crippen LogP contribution in [0.3, 0.4) is 0 Å². The monoisotopic (exact) mass is 249 g/mol. The summed E-state index contributed by atoms with van der Waals surface area (Å²) in [6.07, 6.45) is 1.02. The zero-order valence-electron chi connectivity index (χ0n) is 11.4. The van der Waals surface area contributed by atoms with Crippen molar-refractivity contribution >= 4 is 5.84 Å². The summed E-state index contributed by atoms with van der Waals surface area (Å²) in [7, 11) is 0. The molecule has 100 valence electrons. The lowest BCUT2D eigenvalue weighted by atomic mass is 9.95. The third-order valence-corrected chi connectivity index (χ3v) is 3.34. The summed E-state index contributed by atoms with van der Waals surface area (Å²) in [5.41, 5.74) is 6.87. The molecule has 1 unspecified atom stereocenters. The van der Waals surface area contributed by atoms with Crippen LogP contribution in [0.4, 0.5) is 0 Å². The van der Waals surface area contributed by atoms with Crippen molar-refractivity contribution in [2.24, 2.45) is 10.9 Å². The van der Waals surface area contributed by atoms with Gasteiger partial charge in [-0.15, -0.1) is 0 Å². The van der Waals surface area contributed by atoms with Crippen molar-refractivity contribution < 1.29 is 5.21 Å². The number of nitrogens with two attached hydrogens (primary N) is 1. The van der Waals surface area contributed by atoms with Gasteiger partial charge >= 0.3 is 0 Å². The van der Waals surface area contributed by atoms with Gasteiger partial charge in [0.25, 0.3) is 0 Å². The van der Waals surface area contributed by atoms with Crippen LogP contribution in [0.1, 0.15) is 38.7 Å². The molecule has 4 N–H and O–H groups in total. The molecule has 1 aromatic carbocycles. The van der Waals surface area contributed by atoms with Crippen molar-refractivity contribution in [1.82, 2.24) is 5.32 Å². The zero-order valence-corrected chi connectivity index (χ0v) is 11.4. The molecule has 0 radical (unpaired) electrons. The van der Waals surface area contributed by atoms with E-state index in [-0.39, 0.29) is 17.3 Å². The van der Waals surface area contributed by atoms with E-state index < -0.39 is 0 Å². The lowest BCUT2D eigenvalue weighted by Crippen LogP contribution is -2.43. The van der Waals surface area contributed by atoms with Crippen molar-refractivity contribution in [1.29, 1.82) is 0 Å². The molecule has 1 atom stereocenters. The zero-order chi connectivity index (χ0) is 13.6. The summed E-state index contributed by atoms with van der Waals surface area (Å²) >= 11 is 0. The fourth-order valence-electron chi connectivity index (χ4n) is 1.65. The van der Waals surface area contributed by atoms with Gasteiger partial charge in [-0.2, -0.15) is 0 Å². The van der Waals surface area contributed by atoms with Crippen molar-refractivity contribution in [3.8, 4) is 0 Å². The summed E-state index contributed by atoms with van der Waals surface area (Å²) in [5, 5.41) is 15.5. The van der Waals surface area contributed by atoms with Gasteiger partial charge < -0.3 is 16.3 Å². The van der Waals surface area contributed by atoms with Gasteiger partial charge in [-0.05, 0) is 25.8 Å². The smallest absolute Gasteiger partial charge is 0.147 e. The normalized spacial score (nSPS) is 14.5. The Morgan fingerprint density at radius 1 is 1.39 bits per heavy atom. The van der Waals surface area contributed by atoms with Gasteiger partial charge in [0.2, 0.25) is 0 Å². The second-order valence-electron chi connectivity index (χ2n) is 5.11. The van der Waals surface area contributed by atoms with E-state index in [0.29, 0.717) is 6.54 Å². The molecule has 0 spiro atoms. The van der Waals surface area contributed by atoms with Gasteiger partial charge in [0.15, 0.2) is 0 Å². The molecule has 4 heteroatoms. The number of hydrogen-bond acceptors (Lipinski definition) is 3. The maximum absolute atomic E-state index is 8.89. The Bertz CT molecular complexity index is 387. The number of amidine groups is 1. The van der Waals surface area contributed by atoms with Crippen LogP contribution in [0.5, 0.6) is 0 Å². The number of nitrogens with one attached hydrogen (secondary N) is 1. The standard InChI is InChI=1S/C14H23N3O/c1-4-14(2,3)16-10-12(13(15)17-18)11-8-6-5-7-9-11/h5-9,12,16,18H,4,10H2,1-3H3,(H2,15,17). The van der Waals surface area contributed by atoms with Crippen molar-refractivity contribution in [3.05, 3.63) is 35.9 Å². The molecule has 0 aliphatic heterocycles. The van der Waals surface area contributed by atoms with Crippen LogP contribution in [0, 0.1) is 0 Å². The van der Waals surface area contributed by atoms with E-state index in [9.17, 15) is 0 Å².